The maximum absolute atomic E-state index is 4.52. The van der Waals surface area contributed by atoms with Crippen LogP contribution in [0.3, 0.4) is 0 Å². The summed E-state index contributed by atoms with van der Waals surface area (Å²) in [5, 5.41) is 3.37. The number of aryl methyl sites for hydroxylation is 3. The molecule has 3 nitrogen and oxygen atoms in total. The van der Waals surface area contributed by atoms with Gasteiger partial charge in [0, 0.05) is 22.2 Å². The number of rotatable bonds is 5. The molecule has 2 aromatic heterocycles. The number of hydrogen-bond acceptors (Lipinski definition) is 4. The predicted octanol–water partition coefficient (Wildman–Crippen LogP) is 4.48. The highest BCUT2D eigenvalue weighted by molar-refractivity contribution is 9.10. The van der Waals surface area contributed by atoms with Gasteiger partial charge < -0.3 is 5.32 Å². The molecular weight excluding hydrogens is 322 g/mol. The molecule has 0 fully saturated rings. The lowest BCUT2D eigenvalue weighted by molar-refractivity contribution is 0.828. The number of anilines is 1. The monoisotopic (exact) mass is 339 g/mol. The maximum atomic E-state index is 4.52. The van der Waals surface area contributed by atoms with E-state index in [1.807, 2.05) is 17.4 Å². The van der Waals surface area contributed by atoms with Gasteiger partial charge in [-0.2, -0.15) is 0 Å². The third-order valence-electron chi connectivity index (χ3n) is 2.88. The molecule has 19 heavy (non-hydrogen) atoms. The Morgan fingerprint density at radius 3 is 2.68 bits per heavy atom. The van der Waals surface area contributed by atoms with Gasteiger partial charge in [0.1, 0.15) is 16.2 Å². The molecular formula is C14H18BrN3S. The fraction of sp³-hybridized carbons (Fsp3) is 0.429. The SMILES string of the molecule is CCCc1nc(Br)cc(NCc2cc(C)c(C)s2)n1. The van der Waals surface area contributed by atoms with Crippen LogP contribution in [0.4, 0.5) is 5.82 Å². The van der Waals surface area contributed by atoms with Crippen molar-refractivity contribution in [3.8, 4) is 0 Å². The van der Waals surface area contributed by atoms with Crippen LogP contribution in [-0.4, -0.2) is 9.97 Å². The molecule has 0 aliphatic rings. The summed E-state index contributed by atoms with van der Waals surface area (Å²) < 4.78 is 0.840. The molecule has 5 heteroatoms. The number of nitrogens with zero attached hydrogens (tertiary/aromatic N) is 2. The fourth-order valence-corrected chi connectivity index (χ4v) is 3.22. The number of thiophene rings is 1. The molecule has 0 bridgehead atoms. The molecule has 0 amide bonds. The van der Waals surface area contributed by atoms with E-state index in [4.69, 9.17) is 0 Å². The van der Waals surface area contributed by atoms with E-state index in [1.54, 1.807) is 0 Å². The summed E-state index contributed by atoms with van der Waals surface area (Å²) in [5.41, 5.74) is 1.36. The zero-order valence-electron chi connectivity index (χ0n) is 11.5. The van der Waals surface area contributed by atoms with Crippen molar-refractivity contribution in [2.24, 2.45) is 0 Å². The topological polar surface area (TPSA) is 37.8 Å². The average molecular weight is 340 g/mol. The third kappa shape index (κ3) is 4.01. The molecule has 2 rings (SSSR count). The fourth-order valence-electron chi connectivity index (χ4n) is 1.81. The van der Waals surface area contributed by atoms with Crippen molar-refractivity contribution in [2.45, 2.75) is 40.2 Å². The number of nitrogens with one attached hydrogen (secondary N) is 1. The van der Waals surface area contributed by atoms with Gasteiger partial charge in [0.25, 0.3) is 0 Å². The molecule has 0 aromatic carbocycles. The Labute approximate surface area is 126 Å². The Bertz CT molecular complexity index is 546. The Hall–Kier alpha value is -0.940. The first kappa shape index (κ1) is 14.5. The van der Waals surface area contributed by atoms with Crippen LogP contribution in [0.15, 0.2) is 16.7 Å². The summed E-state index contributed by atoms with van der Waals surface area (Å²) >= 11 is 5.27. The number of hydrogen-bond donors (Lipinski definition) is 1. The Kier molecular flexibility index (Phi) is 4.93. The molecule has 0 unspecified atom stereocenters. The van der Waals surface area contributed by atoms with Crippen molar-refractivity contribution >= 4 is 33.1 Å². The summed E-state index contributed by atoms with van der Waals surface area (Å²) in [6, 6.07) is 4.16. The molecule has 102 valence electrons. The third-order valence-corrected chi connectivity index (χ3v) is 4.43. The minimum absolute atomic E-state index is 0.814. The van der Waals surface area contributed by atoms with Crippen LogP contribution in [0, 0.1) is 13.8 Å². The molecule has 2 heterocycles. The van der Waals surface area contributed by atoms with E-state index in [-0.39, 0.29) is 0 Å². The Morgan fingerprint density at radius 1 is 1.26 bits per heavy atom. The van der Waals surface area contributed by atoms with Crippen LogP contribution >= 0.6 is 27.3 Å². The van der Waals surface area contributed by atoms with Gasteiger partial charge in [-0.25, -0.2) is 9.97 Å². The first-order valence-corrected chi connectivity index (χ1v) is 8.02. The van der Waals surface area contributed by atoms with Crippen molar-refractivity contribution in [2.75, 3.05) is 5.32 Å². The van der Waals surface area contributed by atoms with Gasteiger partial charge in [-0.15, -0.1) is 11.3 Å². The van der Waals surface area contributed by atoms with E-state index in [1.165, 1.54) is 15.3 Å². The highest BCUT2D eigenvalue weighted by Gasteiger charge is 2.04. The van der Waals surface area contributed by atoms with Crippen molar-refractivity contribution in [1.82, 2.24) is 9.97 Å². The number of halogens is 1. The van der Waals surface area contributed by atoms with E-state index in [9.17, 15) is 0 Å². The van der Waals surface area contributed by atoms with Crippen molar-refractivity contribution < 1.29 is 0 Å². The number of aromatic nitrogens is 2. The van der Waals surface area contributed by atoms with Crippen molar-refractivity contribution in [1.29, 1.82) is 0 Å². The molecule has 0 radical (unpaired) electrons. The molecule has 0 spiro atoms. The first-order valence-electron chi connectivity index (χ1n) is 6.41. The second-order valence-corrected chi connectivity index (χ2v) is 6.70. The Balaban J connectivity index is 2.06. The van der Waals surface area contributed by atoms with Crippen LogP contribution in [0.2, 0.25) is 0 Å². The lowest BCUT2D eigenvalue weighted by atomic mass is 10.3. The highest BCUT2D eigenvalue weighted by atomic mass is 79.9. The minimum Gasteiger partial charge on any atom is -0.365 e. The summed E-state index contributed by atoms with van der Waals surface area (Å²) in [4.78, 5) is 11.6. The molecule has 0 aliphatic heterocycles. The molecule has 0 saturated carbocycles. The molecule has 0 aliphatic carbocycles. The van der Waals surface area contributed by atoms with Gasteiger partial charge in [0.15, 0.2) is 0 Å². The molecule has 0 atom stereocenters. The molecule has 1 N–H and O–H groups in total. The first-order chi connectivity index (χ1) is 9.08. The maximum Gasteiger partial charge on any atom is 0.132 e. The highest BCUT2D eigenvalue weighted by Crippen LogP contribution is 2.22. The summed E-state index contributed by atoms with van der Waals surface area (Å²) in [7, 11) is 0. The standard InChI is InChI=1S/C14H18BrN3S/c1-4-5-13-17-12(15)7-14(18-13)16-8-11-6-9(2)10(3)19-11/h6-7H,4-5,8H2,1-3H3,(H,16,17,18). The van der Waals surface area contributed by atoms with Crippen molar-refractivity contribution in [3.63, 3.8) is 0 Å². The van der Waals surface area contributed by atoms with Gasteiger partial charge in [0.05, 0.1) is 6.54 Å². The van der Waals surface area contributed by atoms with Crippen molar-refractivity contribution in [3.05, 3.63) is 37.9 Å². The molecule has 2 aromatic rings. The summed E-state index contributed by atoms with van der Waals surface area (Å²) in [6.45, 7) is 7.25. The second kappa shape index (κ2) is 6.48. The predicted molar refractivity (Wildman–Crippen MR) is 84.8 cm³/mol. The smallest absolute Gasteiger partial charge is 0.132 e. The van der Waals surface area contributed by atoms with Crippen LogP contribution < -0.4 is 5.32 Å². The van der Waals surface area contributed by atoms with E-state index in [2.05, 4.69) is 58.1 Å². The summed E-state index contributed by atoms with van der Waals surface area (Å²) in [6.07, 6.45) is 1.96. The lowest BCUT2D eigenvalue weighted by Crippen LogP contribution is -2.04. The van der Waals surface area contributed by atoms with E-state index >= 15 is 0 Å². The minimum atomic E-state index is 0.814. The van der Waals surface area contributed by atoms with Crippen LogP contribution in [-0.2, 0) is 13.0 Å². The van der Waals surface area contributed by atoms with E-state index < -0.39 is 0 Å². The van der Waals surface area contributed by atoms with E-state index in [0.29, 0.717) is 0 Å². The van der Waals surface area contributed by atoms with E-state index in [0.717, 1.165) is 35.6 Å². The second-order valence-electron chi connectivity index (χ2n) is 4.55. The van der Waals surface area contributed by atoms with Crippen LogP contribution in [0.25, 0.3) is 0 Å². The molecule has 0 saturated heterocycles. The zero-order valence-corrected chi connectivity index (χ0v) is 13.9. The van der Waals surface area contributed by atoms with Crippen LogP contribution in [0.5, 0.6) is 0 Å². The van der Waals surface area contributed by atoms with Crippen LogP contribution in [0.1, 0.15) is 34.5 Å². The van der Waals surface area contributed by atoms with Gasteiger partial charge in [-0.05, 0) is 47.8 Å². The van der Waals surface area contributed by atoms with Gasteiger partial charge in [-0.3, -0.25) is 0 Å². The summed E-state index contributed by atoms with van der Waals surface area (Å²) in [5.74, 6) is 1.77. The normalized spacial score (nSPS) is 10.7. The van der Waals surface area contributed by atoms with Gasteiger partial charge in [0.2, 0.25) is 0 Å². The van der Waals surface area contributed by atoms with Gasteiger partial charge >= 0.3 is 0 Å². The Morgan fingerprint density at radius 2 is 2.05 bits per heavy atom. The van der Waals surface area contributed by atoms with Gasteiger partial charge in [-0.1, -0.05) is 6.92 Å². The quantitative estimate of drug-likeness (QED) is 0.816. The lowest BCUT2D eigenvalue weighted by Gasteiger charge is -2.06. The average Bonchev–Trinajstić information content (AvgIpc) is 2.66. The zero-order chi connectivity index (χ0) is 13.8. The largest absolute Gasteiger partial charge is 0.365 e.